The van der Waals surface area contributed by atoms with Crippen LogP contribution < -0.4 is 0 Å². The third kappa shape index (κ3) is 4.37. The standard InChI is InChI=1S/C22H23F2N3O4S/c1-15-10-12-26(13-11-15)32(29,30)17-8-6-16(7-9-17)21(28)31-14-20-25-18-4-2-3-5-19(18)27(20)22(23)24/h2-9,15,22H,10-14H2,1H3. The number of hydrogen-bond acceptors (Lipinski definition) is 5. The zero-order valence-electron chi connectivity index (χ0n) is 17.4. The number of nitrogens with zero attached hydrogens (tertiary/aromatic N) is 3. The van der Waals surface area contributed by atoms with Crippen LogP contribution in [0.4, 0.5) is 8.78 Å². The summed E-state index contributed by atoms with van der Waals surface area (Å²) < 4.78 is 59.9. The number of alkyl halides is 2. The maximum Gasteiger partial charge on any atom is 0.338 e. The molecule has 0 N–H and O–H groups in total. The zero-order valence-corrected chi connectivity index (χ0v) is 18.3. The van der Waals surface area contributed by atoms with Crippen molar-refractivity contribution in [2.24, 2.45) is 5.92 Å². The first-order valence-corrected chi connectivity index (χ1v) is 11.7. The van der Waals surface area contributed by atoms with Gasteiger partial charge in [0.05, 0.1) is 21.5 Å². The Morgan fingerprint density at radius 3 is 2.44 bits per heavy atom. The highest BCUT2D eigenvalue weighted by Crippen LogP contribution is 2.25. The van der Waals surface area contributed by atoms with Crippen molar-refractivity contribution < 1.29 is 26.7 Å². The van der Waals surface area contributed by atoms with Crippen molar-refractivity contribution in [3.05, 3.63) is 59.9 Å². The van der Waals surface area contributed by atoms with E-state index in [0.29, 0.717) is 24.5 Å². The summed E-state index contributed by atoms with van der Waals surface area (Å²) in [6.45, 7) is -0.236. The predicted octanol–water partition coefficient (Wildman–Crippen LogP) is 4.21. The molecule has 0 aliphatic carbocycles. The topological polar surface area (TPSA) is 81.5 Å². The molecule has 170 valence electrons. The lowest BCUT2D eigenvalue weighted by Gasteiger charge is -2.29. The van der Waals surface area contributed by atoms with E-state index >= 15 is 0 Å². The van der Waals surface area contributed by atoms with Gasteiger partial charge in [-0.1, -0.05) is 19.1 Å². The number of esters is 1. The second-order valence-electron chi connectivity index (χ2n) is 7.85. The fourth-order valence-electron chi connectivity index (χ4n) is 3.76. The predicted molar refractivity (Wildman–Crippen MR) is 114 cm³/mol. The summed E-state index contributed by atoms with van der Waals surface area (Å²) in [5.74, 6) is -0.335. The van der Waals surface area contributed by atoms with E-state index in [2.05, 4.69) is 11.9 Å². The fourth-order valence-corrected chi connectivity index (χ4v) is 5.23. The molecule has 0 amide bonds. The van der Waals surface area contributed by atoms with Crippen LogP contribution in [0.25, 0.3) is 11.0 Å². The van der Waals surface area contributed by atoms with Crippen molar-refractivity contribution in [3.8, 4) is 0 Å². The lowest BCUT2D eigenvalue weighted by atomic mass is 10.0. The minimum absolute atomic E-state index is 0.0759. The Balaban J connectivity index is 1.46. The molecular weight excluding hydrogens is 440 g/mol. The highest BCUT2D eigenvalue weighted by Gasteiger charge is 2.28. The number of halogens is 2. The molecule has 1 aromatic heterocycles. The van der Waals surface area contributed by atoms with E-state index in [4.69, 9.17) is 4.74 Å². The molecule has 1 aliphatic heterocycles. The van der Waals surface area contributed by atoms with Crippen molar-refractivity contribution in [1.29, 1.82) is 0 Å². The van der Waals surface area contributed by atoms with Crippen LogP contribution in [0.15, 0.2) is 53.4 Å². The molecule has 2 aromatic carbocycles. The molecule has 3 aromatic rings. The van der Waals surface area contributed by atoms with Gasteiger partial charge in [-0.25, -0.2) is 18.2 Å². The van der Waals surface area contributed by atoms with Crippen LogP contribution in [0.3, 0.4) is 0 Å². The molecule has 0 unspecified atom stereocenters. The van der Waals surface area contributed by atoms with Gasteiger partial charge in [0.25, 0.3) is 0 Å². The van der Waals surface area contributed by atoms with Gasteiger partial charge in [-0.2, -0.15) is 13.1 Å². The molecule has 1 aliphatic rings. The van der Waals surface area contributed by atoms with Crippen LogP contribution >= 0.6 is 0 Å². The first-order chi connectivity index (χ1) is 15.3. The number of imidazole rings is 1. The van der Waals surface area contributed by atoms with Crippen LogP contribution in [0.5, 0.6) is 0 Å². The number of benzene rings is 2. The van der Waals surface area contributed by atoms with Gasteiger partial charge in [0.15, 0.2) is 5.82 Å². The fraction of sp³-hybridized carbons (Fsp3) is 0.364. The first kappa shape index (κ1) is 22.3. The van der Waals surface area contributed by atoms with Gasteiger partial charge >= 0.3 is 12.5 Å². The van der Waals surface area contributed by atoms with E-state index in [-0.39, 0.29) is 21.8 Å². The second-order valence-corrected chi connectivity index (χ2v) is 9.79. The van der Waals surface area contributed by atoms with E-state index in [1.54, 1.807) is 18.2 Å². The van der Waals surface area contributed by atoms with Crippen LogP contribution in [0.2, 0.25) is 0 Å². The molecule has 0 spiro atoms. The number of aromatic nitrogens is 2. The SMILES string of the molecule is CC1CCN(S(=O)(=O)c2ccc(C(=O)OCc3nc4ccccc4n3C(F)F)cc2)CC1. The first-order valence-electron chi connectivity index (χ1n) is 10.3. The largest absolute Gasteiger partial charge is 0.454 e. The van der Waals surface area contributed by atoms with Gasteiger partial charge in [0.1, 0.15) is 6.61 Å². The van der Waals surface area contributed by atoms with E-state index in [0.717, 1.165) is 17.4 Å². The smallest absolute Gasteiger partial charge is 0.338 e. The molecule has 10 heteroatoms. The average Bonchev–Trinajstić information content (AvgIpc) is 3.16. The van der Waals surface area contributed by atoms with Crippen molar-refractivity contribution in [2.75, 3.05) is 13.1 Å². The average molecular weight is 464 g/mol. The summed E-state index contributed by atoms with van der Waals surface area (Å²) in [7, 11) is -3.63. The normalized spacial score (nSPS) is 16.0. The number of hydrogen-bond donors (Lipinski definition) is 0. The maximum absolute atomic E-state index is 13.5. The van der Waals surface area contributed by atoms with E-state index < -0.39 is 29.1 Å². The molecular formula is C22H23F2N3O4S. The number of fused-ring (bicyclic) bond motifs is 1. The molecule has 32 heavy (non-hydrogen) atoms. The Labute approximate surface area is 184 Å². The van der Waals surface area contributed by atoms with Gasteiger partial charge in [0, 0.05) is 13.1 Å². The molecule has 0 bridgehead atoms. The summed E-state index contributed by atoms with van der Waals surface area (Å²) >= 11 is 0. The second kappa shape index (κ2) is 8.95. The number of para-hydroxylation sites is 2. The molecule has 0 saturated carbocycles. The van der Waals surface area contributed by atoms with Crippen molar-refractivity contribution >= 4 is 27.0 Å². The van der Waals surface area contributed by atoms with Crippen LogP contribution in [0.1, 0.15) is 42.5 Å². The number of rotatable bonds is 6. The summed E-state index contributed by atoms with van der Waals surface area (Å²) in [6.07, 6.45) is 1.63. The Kier molecular flexibility index (Phi) is 6.25. The molecule has 0 radical (unpaired) electrons. The van der Waals surface area contributed by atoms with Gasteiger partial charge in [0.2, 0.25) is 10.0 Å². The van der Waals surface area contributed by atoms with Gasteiger partial charge < -0.3 is 4.74 Å². The molecule has 2 heterocycles. The Bertz CT molecular complexity index is 1220. The molecule has 7 nitrogen and oxygen atoms in total. The monoisotopic (exact) mass is 463 g/mol. The van der Waals surface area contributed by atoms with E-state index in [1.807, 2.05) is 0 Å². The lowest BCUT2D eigenvalue weighted by Crippen LogP contribution is -2.37. The van der Waals surface area contributed by atoms with E-state index in [9.17, 15) is 22.0 Å². The maximum atomic E-state index is 13.5. The summed E-state index contributed by atoms with van der Waals surface area (Å²) in [6, 6.07) is 11.9. The highest BCUT2D eigenvalue weighted by atomic mass is 32.2. The number of carbonyl (C=O) groups excluding carboxylic acids is 1. The lowest BCUT2D eigenvalue weighted by molar-refractivity contribution is 0.0387. The van der Waals surface area contributed by atoms with Gasteiger partial charge in [-0.05, 0) is 55.2 Å². The minimum Gasteiger partial charge on any atom is -0.454 e. The Hall–Kier alpha value is -2.85. The molecule has 4 rings (SSSR count). The zero-order chi connectivity index (χ0) is 22.9. The van der Waals surface area contributed by atoms with Crippen molar-refractivity contribution in [3.63, 3.8) is 0 Å². The number of carbonyl (C=O) groups is 1. The van der Waals surface area contributed by atoms with Crippen LogP contribution in [0, 0.1) is 5.92 Å². The number of sulfonamides is 1. The minimum atomic E-state index is -3.63. The van der Waals surface area contributed by atoms with E-state index in [1.165, 1.54) is 34.6 Å². The summed E-state index contributed by atoms with van der Waals surface area (Å²) in [4.78, 5) is 16.6. The molecule has 0 atom stereocenters. The Morgan fingerprint density at radius 1 is 1.12 bits per heavy atom. The number of ether oxygens (including phenoxy) is 1. The third-order valence-corrected chi connectivity index (χ3v) is 7.58. The third-order valence-electron chi connectivity index (χ3n) is 5.67. The van der Waals surface area contributed by atoms with Gasteiger partial charge in [-0.15, -0.1) is 0 Å². The highest BCUT2D eigenvalue weighted by molar-refractivity contribution is 7.89. The quantitative estimate of drug-likeness (QED) is 0.512. The Morgan fingerprint density at radius 2 is 1.78 bits per heavy atom. The summed E-state index contributed by atoms with van der Waals surface area (Å²) in [5.41, 5.74) is 0.742. The number of piperidine rings is 1. The van der Waals surface area contributed by atoms with Crippen molar-refractivity contribution in [2.45, 2.75) is 37.8 Å². The van der Waals surface area contributed by atoms with Gasteiger partial charge in [-0.3, -0.25) is 4.57 Å². The van der Waals surface area contributed by atoms with Crippen LogP contribution in [-0.4, -0.2) is 41.3 Å². The molecule has 1 fully saturated rings. The van der Waals surface area contributed by atoms with Crippen LogP contribution in [-0.2, 0) is 21.4 Å². The van der Waals surface area contributed by atoms with Crippen molar-refractivity contribution in [1.82, 2.24) is 13.9 Å². The summed E-state index contributed by atoms with van der Waals surface area (Å²) in [5, 5.41) is 0. The molecule has 1 saturated heterocycles.